The minimum atomic E-state index is -4.27. The number of hydrogen-bond acceptors (Lipinski definition) is 2. The lowest BCUT2D eigenvalue weighted by Crippen LogP contribution is -1.92. The molecule has 0 aliphatic rings. The number of rotatable bonds is 33. The molecule has 0 saturated carbocycles. The van der Waals surface area contributed by atoms with E-state index in [1.807, 2.05) is 0 Å². The zero-order chi connectivity index (χ0) is 27.8. The molecular formula is C32H66BrO4P. The Kier molecular flexibility index (Phi) is 32.6. The quantitative estimate of drug-likeness (QED) is 0.0433. The number of unbranched alkanes of at least 4 members (excludes halogenated alkanes) is 29. The molecule has 0 amide bonds. The average molecular weight is 626 g/mol. The Morgan fingerprint density at radius 3 is 0.737 bits per heavy atom. The maximum atomic E-state index is 10.6. The third kappa shape index (κ3) is 36.6. The highest BCUT2D eigenvalue weighted by molar-refractivity contribution is 9.09. The summed E-state index contributed by atoms with van der Waals surface area (Å²) in [6.45, 7) is 0.170. The number of alkyl halides is 1. The van der Waals surface area contributed by atoms with Crippen molar-refractivity contribution in [2.75, 3.05) is 11.9 Å². The van der Waals surface area contributed by atoms with Crippen LogP contribution in [0.4, 0.5) is 0 Å². The van der Waals surface area contributed by atoms with Crippen LogP contribution in [0.3, 0.4) is 0 Å². The normalized spacial score (nSPS) is 12.0. The van der Waals surface area contributed by atoms with Crippen LogP contribution in [0.15, 0.2) is 0 Å². The number of phosphoric acid groups is 1. The van der Waals surface area contributed by atoms with Crippen molar-refractivity contribution >= 4 is 23.8 Å². The van der Waals surface area contributed by atoms with Gasteiger partial charge in [-0.15, -0.1) is 0 Å². The van der Waals surface area contributed by atoms with E-state index >= 15 is 0 Å². The van der Waals surface area contributed by atoms with E-state index < -0.39 is 7.82 Å². The fraction of sp³-hybridized carbons (Fsp3) is 1.00. The molecule has 0 aliphatic heterocycles. The maximum Gasteiger partial charge on any atom is 0.469 e. The Morgan fingerprint density at radius 2 is 0.553 bits per heavy atom. The molecule has 0 spiro atoms. The Labute approximate surface area is 246 Å². The van der Waals surface area contributed by atoms with Crippen LogP contribution in [0.25, 0.3) is 0 Å². The van der Waals surface area contributed by atoms with Gasteiger partial charge in [0.1, 0.15) is 0 Å². The lowest BCUT2D eigenvalue weighted by Gasteiger charge is -2.05. The first-order chi connectivity index (χ1) is 18.6. The van der Waals surface area contributed by atoms with E-state index in [1.165, 1.54) is 179 Å². The van der Waals surface area contributed by atoms with E-state index in [-0.39, 0.29) is 6.61 Å². The first-order valence-electron chi connectivity index (χ1n) is 16.8. The third-order valence-corrected chi connectivity index (χ3v) is 8.87. The molecule has 0 aromatic carbocycles. The Balaban J connectivity index is 3.04. The summed E-state index contributed by atoms with van der Waals surface area (Å²) in [7, 11) is -4.27. The van der Waals surface area contributed by atoms with Crippen LogP contribution in [-0.2, 0) is 9.09 Å². The van der Waals surface area contributed by atoms with Crippen LogP contribution in [0.2, 0.25) is 0 Å². The van der Waals surface area contributed by atoms with E-state index in [0.717, 1.165) is 19.3 Å². The van der Waals surface area contributed by atoms with Gasteiger partial charge in [0.2, 0.25) is 0 Å². The summed E-state index contributed by atoms with van der Waals surface area (Å²) >= 11 is 3.51. The fourth-order valence-corrected chi connectivity index (χ4v) is 6.09. The van der Waals surface area contributed by atoms with Crippen molar-refractivity contribution < 1.29 is 18.9 Å². The lowest BCUT2D eigenvalue weighted by molar-refractivity contribution is 0.193. The Hall–Kier alpha value is 0.590. The largest absolute Gasteiger partial charge is 0.469 e. The highest BCUT2D eigenvalue weighted by atomic mass is 79.9. The van der Waals surface area contributed by atoms with Crippen LogP contribution in [-0.4, -0.2) is 21.7 Å². The van der Waals surface area contributed by atoms with Gasteiger partial charge in [-0.05, 0) is 12.8 Å². The van der Waals surface area contributed by atoms with Gasteiger partial charge in [-0.1, -0.05) is 196 Å². The van der Waals surface area contributed by atoms with Crippen molar-refractivity contribution in [3.8, 4) is 0 Å². The van der Waals surface area contributed by atoms with Gasteiger partial charge in [-0.25, -0.2) is 4.57 Å². The van der Waals surface area contributed by atoms with Crippen LogP contribution < -0.4 is 0 Å². The van der Waals surface area contributed by atoms with Crippen LogP contribution in [0.1, 0.15) is 193 Å². The molecule has 0 aliphatic carbocycles. The lowest BCUT2D eigenvalue weighted by atomic mass is 10.0. The summed E-state index contributed by atoms with van der Waals surface area (Å²) in [6.07, 6.45) is 41.2. The second kappa shape index (κ2) is 32.1. The second-order valence-electron chi connectivity index (χ2n) is 11.6. The van der Waals surface area contributed by atoms with Gasteiger partial charge in [0.15, 0.2) is 0 Å². The van der Waals surface area contributed by atoms with Crippen LogP contribution in [0, 0.1) is 0 Å². The van der Waals surface area contributed by atoms with E-state index in [2.05, 4.69) is 20.5 Å². The molecule has 0 heterocycles. The summed E-state index contributed by atoms with van der Waals surface area (Å²) in [5, 5.41) is 1.17. The molecule has 0 rings (SSSR count). The summed E-state index contributed by atoms with van der Waals surface area (Å²) in [5.41, 5.74) is 0. The van der Waals surface area contributed by atoms with Crippen molar-refractivity contribution in [2.24, 2.45) is 0 Å². The molecule has 0 fully saturated rings. The first kappa shape index (κ1) is 38.6. The zero-order valence-electron chi connectivity index (χ0n) is 25.2. The smallest absolute Gasteiger partial charge is 0.303 e. The fourth-order valence-electron chi connectivity index (χ4n) is 5.33. The minimum Gasteiger partial charge on any atom is -0.303 e. The summed E-state index contributed by atoms with van der Waals surface area (Å²) in [5.74, 6) is 0. The molecule has 230 valence electrons. The molecule has 0 unspecified atom stereocenters. The number of hydrogen-bond donors (Lipinski definition) is 2. The standard InChI is InChI=1S/C32H66BrO4P/c33-31-29-27-25-23-21-19-17-15-13-11-9-7-5-3-1-2-4-6-8-10-12-14-16-18-20-22-24-26-28-30-32-37-38(34,35)36/h1-32H2,(H2,34,35,36). The van der Waals surface area contributed by atoms with Gasteiger partial charge >= 0.3 is 7.82 Å². The molecule has 38 heavy (non-hydrogen) atoms. The molecule has 0 radical (unpaired) electrons. The predicted molar refractivity (Wildman–Crippen MR) is 170 cm³/mol. The van der Waals surface area contributed by atoms with Crippen LogP contribution in [0.5, 0.6) is 0 Å². The van der Waals surface area contributed by atoms with Gasteiger partial charge in [-0.2, -0.15) is 0 Å². The number of halogens is 1. The van der Waals surface area contributed by atoms with Crippen molar-refractivity contribution in [3.05, 3.63) is 0 Å². The van der Waals surface area contributed by atoms with Crippen molar-refractivity contribution in [1.82, 2.24) is 0 Å². The van der Waals surface area contributed by atoms with Gasteiger partial charge < -0.3 is 9.79 Å². The highest BCUT2D eigenvalue weighted by Gasteiger charge is 2.12. The second-order valence-corrected chi connectivity index (χ2v) is 13.7. The van der Waals surface area contributed by atoms with Gasteiger partial charge in [0.05, 0.1) is 6.61 Å². The van der Waals surface area contributed by atoms with Gasteiger partial charge in [0.25, 0.3) is 0 Å². The van der Waals surface area contributed by atoms with Crippen molar-refractivity contribution in [3.63, 3.8) is 0 Å². The molecule has 0 bridgehead atoms. The maximum absolute atomic E-state index is 10.6. The third-order valence-electron chi connectivity index (χ3n) is 7.79. The van der Waals surface area contributed by atoms with Crippen molar-refractivity contribution in [1.29, 1.82) is 0 Å². The highest BCUT2D eigenvalue weighted by Crippen LogP contribution is 2.35. The van der Waals surface area contributed by atoms with E-state index in [1.54, 1.807) is 0 Å². The van der Waals surface area contributed by atoms with Crippen LogP contribution >= 0.6 is 23.8 Å². The molecule has 0 aromatic rings. The Morgan fingerprint density at radius 1 is 0.368 bits per heavy atom. The molecule has 0 aromatic heterocycles. The SMILES string of the molecule is O=P(O)(O)OCCCCCCCCCCCCCCCCCCCCCCCCCCCCCCCCBr. The molecule has 2 N–H and O–H groups in total. The Bertz CT molecular complexity index is 486. The summed E-state index contributed by atoms with van der Waals surface area (Å²) in [4.78, 5) is 17.2. The first-order valence-corrected chi connectivity index (χ1v) is 19.5. The molecule has 4 nitrogen and oxygen atoms in total. The predicted octanol–water partition coefficient (Wildman–Crippen LogP) is 12.2. The van der Waals surface area contributed by atoms with Gasteiger partial charge in [0, 0.05) is 5.33 Å². The minimum absolute atomic E-state index is 0.170. The zero-order valence-corrected chi connectivity index (χ0v) is 27.6. The van der Waals surface area contributed by atoms with E-state index in [9.17, 15) is 4.57 Å². The molecule has 0 atom stereocenters. The molecular weight excluding hydrogens is 559 g/mol. The molecule has 0 saturated heterocycles. The summed E-state index contributed by atoms with van der Waals surface area (Å²) in [6, 6.07) is 0. The number of phosphoric ester groups is 1. The topological polar surface area (TPSA) is 66.8 Å². The van der Waals surface area contributed by atoms with Crippen molar-refractivity contribution in [2.45, 2.75) is 193 Å². The average Bonchev–Trinajstić information content (AvgIpc) is 2.88. The monoisotopic (exact) mass is 624 g/mol. The summed E-state index contributed by atoms with van der Waals surface area (Å²) < 4.78 is 15.0. The van der Waals surface area contributed by atoms with E-state index in [0.29, 0.717) is 0 Å². The molecule has 6 heteroatoms. The van der Waals surface area contributed by atoms with Gasteiger partial charge in [-0.3, -0.25) is 4.52 Å². The van der Waals surface area contributed by atoms with E-state index in [4.69, 9.17) is 9.79 Å².